The molecule has 0 saturated carbocycles. The van der Waals surface area contributed by atoms with Crippen LogP contribution in [0.5, 0.6) is 0 Å². The Morgan fingerprint density at radius 2 is 1.76 bits per heavy atom. The van der Waals surface area contributed by atoms with E-state index in [4.69, 9.17) is 0 Å². The molecular weight excluding hydrogens is 320 g/mol. The van der Waals surface area contributed by atoms with E-state index >= 15 is 0 Å². The van der Waals surface area contributed by atoms with Gasteiger partial charge in [-0.2, -0.15) is 0 Å². The van der Waals surface area contributed by atoms with Crippen LogP contribution < -0.4 is 0 Å². The van der Waals surface area contributed by atoms with Crippen LogP contribution >= 0.6 is 0 Å². The number of aromatic nitrogens is 3. The van der Waals surface area contributed by atoms with E-state index in [1.54, 1.807) is 24.5 Å². The first-order valence-corrected chi connectivity index (χ1v) is 7.82. The fourth-order valence-electron chi connectivity index (χ4n) is 2.61. The van der Waals surface area contributed by atoms with E-state index in [0.717, 1.165) is 16.7 Å². The van der Waals surface area contributed by atoms with E-state index < -0.39 is 0 Å². The maximum atomic E-state index is 13.8. The fraction of sp³-hybridized carbons (Fsp3) is 0.100. The minimum absolute atomic E-state index is 0.328. The number of allylic oxidation sites excluding steroid dienone is 3. The highest BCUT2D eigenvalue weighted by atomic mass is 19.1. The van der Waals surface area contributed by atoms with E-state index in [2.05, 4.69) is 10.2 Å². The largest absolute Gasteiger partial charge is 0.317 e. The molecule has 3 aromatic rings. The Morgan fingerprint density at radius 3 is 2.40 bits per heavy atom. The second-order valence-electron chi connectivity index (χ2n) is 5.60. The Hall–Kier alpha value is -3.08. The summed E-state index contributed by atoms with van der Waals surface area (Å²) in [5, 5.41) is 8.04. The summed E-state index contributed by atoms with van der Waals surface area (Å²) in [5.74, 6) is 0.0288. The number of rotatable bonds is 4. The molecule has 0 spiro atoms. The van der Waals surface area contributed by atoms with Crippen LogP contribution in [0, 0.1) is 11.6 Å². The third kappa shape index (κ3) is 3.71. The molecule has 3 rings (SSSR count). The minimum Gasteiger partial charge on any atom is -0.317 e. The Kier molecular flexibility index (Phi) is 4.84. The predicted octanol–water partition coefficient (Wildman–Crippen LogP) is 4.88. The third-order valence-corrected chi connectivity index (χ3v) is 3.80. The summed E-state index contributed by atoms with van der Waals surface area (Å²) in [5.41, 5.74) is 3.08. The van der Waals surface area contributed by atoms with Gasteiger partial charge in [0.2, 0.25) is 0 Å². The second-order valence-corrected chi connectivity index (χ2v) is 5.60. The highest BCUT2D eigenvalue weighted by Crippen LogP contribution is 2.28. The average molecular weight is 337 g/mol. The lowest BCUT2D eigenvalue weighted by Crippen LogP contribution is -1.95. The molecule has 0 bridgehead atoms. The number of nitrogens with zero attached hydrogens (tertiary/aromatic N) is 3. The topological polar surface area (TPSA) is 30.7 Å². The highest BCUT2D eigenvalue weighted by Gasteiger charge is 2.10. The Balaban J connectivity index is 2.16. The van der Waals surface area contributed by atoms with Crippen LogP contribution in [-0.2, 0) is 7.05 Å². The van der Waals surface area contributed by atoms with Gasteiger partial charge in [0.05, 0.1) is 0 Å². The van der Waals surface area contributed by atoms with Gasteiger partial charge < -0.3 is 4.57 Å². The van der Waals surface area contributed by atoms with Crippen LogP contribution in [0.15, 0.2) is 60.9 Å². The first-order valence-electron chi connectivity index (χ1n) is 7.82. The lowest BCUT2D eigenvalue weighted by molar-refractivity contribution is 0.627. The number of halogens is 2. The summed E-state index contributed by atoms with van der Waals surface area (Å²) in [6.45, 7) is 1.91. The van der Waals surface area contributed by atoms with Gasteiger partial charge >= 0.3 is 0 Å². The SMILES string of the molecule is C/C=C/C(=C/c1ccc(F)cc1-c1ccc(F)cc1)c1nncn1C. The zero-order valence-corrected chi connectivity index (χ0v) is 13.9. The molecule has 0 aliphatic rings. The molecule has 0 saturated heterocycles. The first kappa shape index (κ1) is 16.8. The molecule has 0 amide bonds. The van der Waals surface area contributed by atoms with Crippen molar-refractivity contribution in [2.75, 3.05) is 0 Å². The van der Waals surface area contributed by atoms with E-state index in [1.807, 2.05) is 36.8 Å². The molecule has 3 nitrogen and oxygen atoms in total. The normalized spacial score (nSPS) is 12.1. The number of hydrogen-bond donors (Lipinski definition) is 0. The van der Waals surface area contributed by atoms with Crippen molar-refractivity contribution in [1.82, 2.24) is 14.8 Å². The maximum absolute atomic E-state index is 13.8. The van der Waals surface area contributed by atoms with Crippen molar-refractivity contribution < 1.29 is 8.78 Å². The zero-order chi connectivity index (χ0) is 17.8. The predicted molar refractivity (Wildman–Crippen MR) is 95.5 cm³/mol. The molecule has 0 aliphatic heterocycles. The standard InChI is InChI=1S/C20H17F2N3/c1-3-4-16(20-24-23-13-25(20)2)11-15-7-10-18(22)12-19(15)14-5-8-17(21)9-6-14/h3-13H,1-2H3/b4-3+,16-11-. The van der Waals surface area contributed by atoms with Crippen molar-refractivity contribution in [2.24, 2.45) is 7.05 Å². The highest BCUT2D eigenvalue weighted by molar-refractivity contribution is 5.89. The lowest BCUT2D eigenvalue weighted by Gasteiger charge is -2.09. The van der Waals surface area contributed by atoms with Gasteiger partial charge in [0.1, 0.15) is 18.0 Å². The van der Waals surface area contributed by atoms with Crippen molar-refractivity contribution in [2.45, 2.75) is 6.92 Å². The first-order chi connectivity index (χ1) is 12.1. The van der Waals surface area contributed by atoms with Gasteiger partial charge in [0, 0.05) is 12.6 Å². The van der Waals surface area contributed by atoms with Crippen LogP contribution in [0.3, 0.4) is 0 Å². The summed E-state index contributed by atoms with van der Waals surface area (Å²) in [7, 11) is 1.86. The van der Waals surface area contributed by atoms with Gasteiger partial charge in [-0.15, -0.1) is 10.2 Å². The number of hydrogen-bond acceptors (Lipinski definition) is 2. The average Bonchev–Trinajstić information content (AvgIpc) is 3.02. The van der Waals surface area contributed by atoms with Gasteiger partial charge in [-0.3, -0.25) is 0 Å². The van der Waals surface area contributed by atoms with Crippen molar-refractivity contribution in [3.8, 4) is 11.1 Å². The molecule has 0 N–H and O–H groups in total. The van der Waals surface area contributed by atoms with Crippen LogP contribution in [-0.4, -0.2) is 14.8 Å². The molecule has 0 unspecified atom stereocenters. The number of benzene rings is 2. The van der Waals surface area contributed by atoms with Gasteiger partial charge in [0.15, 0.2) is 5.82 Å². The van der Waals surface area contributed by atoms with Gasteiger partial charge in [-0.25, -0.2) is 8.78 Å². The molecule has 1 aromatic heterocycles. The Labute approximate surface area is 145 Å². The zero-order valence-electron chi connectivity index (χ0n) is 13.9. The minimum atomic E-state index is -0.345. The van der Waals surface area contributed by atoms with Crippen molar-refractivity contribution >= 4 is 11.6 Å². The van der Waals surface area contributed by atoms with Gasteiger partial charge in [-0.1, -0.05) is 30.4 Å². The van der Waals surface area contributed by atoms with Crippen LogP contribution in [0.2, 0.25) is 0 Å². The van der Waals surface area contributed by atoms with Crippen molar-refractivity contribution in [3.05, 3.63) is 84.0 Å². The molecule has 126 valence electrons. The second kappa shape index (κ2) is 7.21. The van der Waals surface area contributed by atoms with Crippen LogP contribution in [0.4, 0.5) is 8.78 Å². The van der Waals surface area contributed by atoms with Crippen molar-refractivity contribution in [3.63, 3.8) is 0 Å². The quantitative estimate of drug-likeness (QED) is 0.636. The monoisotopic (exact) mass is 337 g/mol. The Morgan fingerprint density at radius 1 is 1.04 bits per heavy atom. The van der Waals surface area contributed by atoms with Gasteiger partial charge in [0.25, 0.3) is 0 Å². The molecule has 5 heteroatoms. The molecular formula is C20H17F2N3. The van der Waals surface area contributed by atoms with E-state index in [9.17, 15) is 8.78 Å². The molecule has 0 atom stereocenters. The lowest BCUT2D eigenvalue weighted by atomic mass is 9.97. The Bertz CT molecular complexity index is 938. The summed E-state index contributed by atoms with van der Waals surface area (Å²) in [6, 6.07) is 10.6. The molecule has 0 radical (unpaired) electrons. The number of aryl methyl sites for hydroxylation is 1. The molecule has 0 aliphatic carbocycles. The van der Waals surface area contributed by atoms with Crippen LogP contribution in [0.25, 0.3) is 22.8 Å². The van der Waals surface area contributed by atoms with E-state index in [-0.39, 0.29) is 11.6 Å². The van der Waals surface area contributed by atoms with E-state index in [1.165, 1.54) is 24.3 Å². The summed E-state index contributed by atoms with van der Waals surface area (Å²) < 4.78 is 28.8. The summed E-state index contributed by atoms with van der Waals surface area (Å²) >= 11 is 0. The smallest absolute Gasteiger partial charge is 0.163 e. The molecule has 2 aromatic carbocycles. The molecule has 1 heterocycles. The maximum Gasteiger partial charge on any atom is 0.163 e. The van der Waals surface area contributed by atoms with Crippen LogP contribution in [0.1, 0.15) is 18.3 Å². The van der Waals surface area contributed by atoms with Gasteiger partial charge in [-0.05, 0) is 54.0 Å². The molecule has 0 fully saturated rings. The van der Waals surface area contributed by atoms with E-state index in [0.29, 0.717) is 11.4 Å². The summed E-state index contributed by atoms with van der Waals surface area (Å²) in [4.78, 5) is 0. The fourth-order valence-corrected chi connectivity index (χ4v) is 2.61. The van der Waals surface area contributed by atoms with Crippen molar-refractivity contribution in [1.29, 1.82) is 0 Å². The third-order valence-electron chi connectivity index (χ3n) is 3.80. The molecule has 25 heavy (non-hydrogen) atoms. The summed E-state index contributed by atoms with van der Waals surface area (Å²) in [6.07, 6.45) is 7.36.